The first kappa shape index (κ1) is 15.5. The van der Waals surface area contributed by atoms with Crippen molar-refractivity contribution in [3.8, 4) is 0 Å². The molecule has 3 heteroatoms. The van der Waals surface area contributed by atoms with Crippen molar-refractivity contribution in [2.45, 2.75) is 40.0 Å². The van der Waals surface area contributed by atoms with E-state index in [0.717, 1.165) is 25.1 Å². The predicted octanol–water partition coefficient (Wildman–Crippen LogP) is 3.36. The molecule has 0 aromatic heterocycles. The number of hydrogen-bond acceptors (Lipinski definition) is 2. The number of nitrogens with zero attached hydrogens (tertiary/aromatic N) is 1. The number of hydrogen-bond donors (Lipinski definition) is 1. The number of anilines is 1. The van der Waals surface area contributed by atoms with Gasteiger partial charge in [-0.25, -0.2) is 0 Å². The van der Waals surface area contributed by atoms with E-state index in [1.54, 1.807) is 0 Å². The Balaban J connectivity index is 2.35. The van der Waals surface area contributed by atoms with Crippen LogP contribution < -0.4 is 5.32 Å². The summed E-state index contributed by atoms with van der Waals surface area (Å²) in [7, 11) is 1.88. The van der Waals surface area contributed by atoms with Crippen molar-refractivity contribution in [2.24, 2.45) is 0 Å². The van der Waals surface area contributed by atoms with Gasteiger partial charge in [-0.3, -0.25) is 4.79 Å². The summed E-state index contributed by atoms with van der Waals surface area (Å²) < 4.78 is 0. The van der Waals surface area contributed by atoms with E-state index < -0.39 is 0 Å². The third-order valence-corrected chi connectivity index (χ3v) is 3.31. The number of benzene rings is 1. The zero-order chi connectivity index (χ0) is 14.3. The van der Waals surface area contributed by atoms with Crippen molar-refractivity contribution in [2.75, 3.05) is 25.5 Å². The van der Waals surface area contributed by atoms with Crippen LogP contribution in [0.15, 0.2) is 18.2 Å². The summed E-state index contributed by atoms with van der Waals surface area (Å²) in [4.78, 5) is 13.7. The van der Waals surface area contributed by atoms with Crippen LogP contribution in [0.1, 0.15) is 37.3 Å². The van der Waals surface area contributed by atoms with E-state index in [9.17, 15) is 4.79 Å². The van der Waals surface area contributed by atoms with Crippen LogP contribution in [0.25, 0.3) is 0 Å². The van der Waals surface area contributed by atoms with Gasteiger partial charge >= 0.3 is 0 Å². The molecular formula is C16H26N2O. The minimum Gasteiger partial charge on any atom is -0.384 e. The second-order valence-electron chi connectivity index (χ2n) is 5.16. The smallest absolute Gasteiger partial charge is 0.224 e. The Hall–Kier alpha value is -1.51. The largest absolute Gasteiger partial charge is 0.384 e. The van der Waals surface area contributed by atoms with Gasteiger partial charge in [0.1, 0.15) is 0 Å². The highest BCUT2D eigenvalue weighted by Crippen LogP contribution is 2.15. The number of amides is 1. The third kappa shape index (κ3) is 5.33. The Morgan fingerprint density at radius 1 is 1.32 bits per heavy atom. The molecule has 1 amide bonds. The van der Waals surface area contributed by atoms with Crippen LogP contribution in [0.4, 0.5) is 5.69 Å². The Morgan fingerprint density at radius 3 is 2.68 bits per heavy atom. The highest BCUT2D eigenvalue weighted by Gasteiger charge is 2.07. The zero-order valence-corrected chi connectivity index (χ0v) is 12.6. The first-order chi connectivity index (χ1) is 9.04. The van der Waals surface area contributed by atoms with Gasteiger partial charge in [-0.15, -0.1) is 0 Å². The molecule has 1 rings (SSSR count). The summed E-state index contributed by atoms with van der Waals surface area (Å²) in [5.74, 6) is 0.214. The second-order valence-corrected chi connectivity index (χ2v) is 5.16. The first-order valence-electron chi connectivity index (χ1n) is 7.09. The molecule has 0 aliphatic carbocycles. The van der Waals surface area contributed by atoms with E-state index in [1.807, 2.05) is 11.9 Å². The van der Waals surface area contributed by atoms with E-state index >= 15 is 0 Å². The van der Waals surface area contributed by atoms with Crippen LogP contribution in [0.5, 0.6) is 0 Å². The van der Waals surface area contributed by atoms with Crippen molar-refractivity contribution in [3.05, 3.63) is 29.3 Å². The summed E-state index contributed by atoms with van der Waals surface area (Å²) in [6.45, 7) is 7.87. The van der Waals surface area contributed by atoms with Crippen LogP contribution in [-0.2, 0) is 4.79 Å². The van der Waals surface area contributed by atoms with Gasteiger partial charge in [0.2, 0.25) is 5.91 Å². The van der Waals surface area contributed by atoms with Crippen LogP contribution in [-0.4, -0.2) is 30.9 Å². The molecule has 0 fully saturated rings. The molecular weight excluding hydrogens is 236 g/mol. The fourth-order valence-corrected chi connectivity index (χ4v) is 2.03. The van der Waals surface area contributed by atoms with Crippen molar-refractivity contribution in [3.63, 3.8) is 0 Å². The maximum atomic E-state index is 11.9. The predicted molar refractivity (Wildman–Crippen MR) is 81.6 cm³/mol. The average molecular weight is 262 g/mol. The van der Waals surface area contributed by atoms with E-state index in [2.05, 4.69) is 44.3 Å². The molecule has 0 unspecified atom stereocenters. The van der Waals surface area contributed by atoms with Crippen molar-refractivity contribution in [1.82, 2.24) is 4.90 Å². The Bertz CT molecular complexity index is 415. The molecule has 0 heterocycles. The maximum absolute atomic E-state index is 11.9. The highest BCUT2D eigenvalue weighted by molar-refractivity contribution is 5.76. The molecule has 0 spiro atoms. The molecule has 0 saturated carbocycles. The molecule has 0 bridgehead atoms. The lowest BCUT2D eigenvalue weighted by atomic mass is 10.1. The summed E-state index contributed by atoms with van der Waals surface area (Å²) in [6.07, 6.45) is 2.75. The number of carbonyl (C=O) groups is 1. The average Bonchev–Trinajstić information content (AvgIpc) is 2.38. The van der Waals surface area contributed by atoms with Crippen LogP contribution in [0.3, 0.4) is 0 Å². The number of nitrogens with one attached hydrogen (secondary N) is 1. The molecule has 106 valence electrons. The van der Waals surface area contributed by atoms with Gasteiger partial charge in [0.25, 0.3) is 0 Å². The molecule has 0 aliphatic rings. The molecule has 0 atom stereocenters. The molecule has 1 aromatic rings. The topological polar surface area (TPSA) is 32.3 Å². The van der Waals surface area contributed by atoms with Gasteiger partial charge in [0.05, 0.1) is 0 Å². The molecule has 3 nitrogen and oxygen atoms in total. The van der Waals surface area contributed by atoms with Crippen LogP contribution >= 0.6 is 0 Å². The lowest BCUT2D eigenvalue weighted by Gasteiger charge is -2.17. The molecule has 0 saturated heterocycles. The molecule has 19 heavy (non-hydrogen) atoms. The maximum Gasteiger partial charge on any atom is 0.224 e. The molecule has 1 aromatic carbocycles. The first-order valence-corrected chi connectivity index (χ1v) is 7.09. The normalized spacial score (nSPS) is 10.3. The summed E-state index contributed by atoms with van der Waals surface area (Å²) in [5, 5.41) is 3.33. The molecule has 0 aliphatic heterocycles. The van der Waals surface area contributed by atoms with Gasteiger partial charge in [0, 0.05) is 32.2 Å². The summed E-state index contributed by atoms with van der Waals surface area (Å²) >= 11 is 0. The lowest BCUT2D eigenvalue weighted by Crippen LogP contribution is -2.29. The Kier molecular flexibility index (Phi) is 6.40. The SMILES string of the molecule is CCCCN(C)C(=O)CCNc1ccc(C)cc1C. The van der Waals surface area contributed by atoms with Gasteiger partial charge in [-0.1, -0.05) is 31.0 Å². The van der Waals surface area contributed by atoms with Crippen LogP contribution in [0.2, 0.25) is 0 Å². The Labute approximate surface area is 117 Å². The summed E-state index contributed by atoms with van der Waals surface area (Å²) in [6, 6.07) is 6.32. The van der Waals surface area contributed by atoms with Crippen molar-refractivity contribution < 1.29 is 4.79 Å². The minimum absolute atomic E-state index is 0.214. The van der Waals surface area contributed by atoms with Gasteiger partial charge in [-0.2, -0.15) is 0 Å². The van der Waals surface area contributed by atoms with E-state index in [4.69, 9.17) is 0 Å². The van der Waals surface area contributed by atoms with Crippen molar-refractivity contribution in [1.29, 1.82) is 0 Å². The molecule has 0 radical (unpaired) electrons. The minimum atomic E-state index is 0.214. The monoisotopic (exact) mass is 262 g/mol. The van der Waals surface area contributed by atoms with E-state index in [-0.39, 0.29) is 5.91 Å². The third-order valence-electron chi connectivity index (χ3n) is 3.31. The Morgan fingerprint density at radius 2 is 2.05 bits per heavy atom. The van der Waals surface area contributed by atoms with Gasteiger partial charge < -0.3 is 10.2 Å². The lowest BCUT2D eigenvalue weighted by molar-refractivity contribution is -0.129. The molecule has 1 N–H and O–H groups in total. The van der Waals surface area contributed by atoms with Gasteiger partial charge in [-0.05, 0) is 31.9 Å². The van der Waals surface area contributed by atoms with Crippen molar-refractivity contribution >= 4 is 11.6 Å². The fourth-order valence-electron chi connectivity index (χ4n) is 2.03. The number of rotatable bonds is 7. The number of aryl methyl sites for hydroxylation is 2. The fraction of sp³-hybridized carbons (Fsp3) is 0.562. The summed E-state index contributed by atoms with van der Waals surface area (Å²) in [5.41, 5.74) is 3.61. The highest BCUT2D eigenvalue weighted by atomic mass is 16.2. The standard InChI is InChI=1S/C16H26N2O/c1-5-6-11-18(4)16(19)9-10-17-15-8-7-13(2)12-14(15)3/h7-8,12,17H,5-6,9-11H2,1-4H3. The van der Waals surface area contributed by atoms with Gasteiger partial charge in [0.15, 0.2) is 0 Å². The number of unbranched alkanes of at least 4 members (excludes halogenated alkanes) is 1. The van der Waals surface area contributed by atoms with Crippen LogP contribution in [0, 0.1) is 13.8 Å². The second kappa shape index (κ2) is 7.82. The van der Waals surface area contributed by atoms with E-state index in [0.29, 0.717) is 13.0 Å². The zero-order valence-electron chi connectivity index (χ0n) is 12.6. The quantitative estimate of drug-likeness (QED) is 0.817. The number of carbonyl (C=O) groups excluding carboxylic acids is 1. The van der Waals surface area contributed by atoms with E-state index in [1.165, 1.54) is 11.1 Å².